The van der Waals surface area contributed by atoms with E-state index in [9.17, 15) is 0 Å². The third-order valence-electron chi connectivity index (χ3n) is 4.39. The van der Waals surface area contributed by atoms with E-state index in [1.807, 2.05) is 0 Å². The molecular formula is C17H25Cl. The van der Waals surface area contributed by atoms with Crippen LogP contribution in [0.25, 0.3) is 0 Å². The van der Waals surface area contributed by atoms with E-state index < -0.39 is 0 Å². The van der Waals surface area contributed by atoms with Gasteiger partial charge in [0.2, 0.25) is 0 Å². The molecule has 0 radical (unpaired) electrons. The predicted molar refractivity (Wildman–Crippen MR) is 80.0 cm³/mol. The summed E-state index contributed by atoms with van der Waals surface area (Å²) in [5, 5.41) is 0.221. The molecule has 1 heteroatoms. The van der Waals surface area contributed by atoms with Crippen LogP contribution in [0, 0.1) is 11.8 Å². The number of unbranched alkanes of at least 4 members (excludes halogenated alkanes) is 1. The Morgan fingerprint density at radius 1 is 1.11 bits per heavy atom. The van der Waals surface area contributed by atoms with E-state index in [4.69, 9.17) is 11.6 Å². The normalized spacial score (nSPS) is 25.9. The van der Waals surface area contributed by atoms with Crippen LogP contribution >= 0.6 is 11.6 Å². The summed E-state index contributed by atoms with van der Waals surface area (Å²) in [7, 11) is 0. The maximum absolute atomic E-state index is 6.64. The standard InChI is InChI=1S/C17H25Cl/c1-2-3-7-14-10-12-16(13-11-14)17(18)15-8-5-4-6-9-15/h4-6,8-9,14,16-17H,2-3,7,10-13H2,1H3. The second-order valence-corrected chi connectivity index (χ2v) is 6.21. The fourth-order valence-electron chi connectivity index (χ4n) is 3.17. The van der Waals surface area contributed by atoms with Crippen LogP contribution < -0.4 is 0 Å². The van der Waals surface area contributed by atoms with Crippen LogP contribution in [-0.2, 0) is 0 Å². The zero-order valence-corrected chi connectivity index (χ0v) is 12.2. The highest BCUT2D eigenvalue weighted by Gasteiger charge is 2.26. The van der Waals surface area contributed by atoms with Gasteiger partial charge in [0.1, 0.15) is 0 Å². The van der Waals surface area contributed by atoms with Crippen LogP contribution in [0.1, 0.15) is 62.8 Å². The van der Waals surface area contributed by atoms with Crippen LogP contribution in [0.4, 0.5) is 0 Å². The molecule has 0 heterocycles. The SMILES string of the molecule is CCCCC1CCC(C(Cl)c2ccccc2)CC1. The summed E-state index contributed by atoms with van der Waals surface area (Å²) < 4.78 is 0. The van der Waals surface area contributed by atoms with Crippen molar-refractivity contribution in [2.45, 2.75) is 57.2 Å². The van der Waals surface area contributed by atoms with Crippen molar-refractivity contribution in [2.24, 2.45) is 11.8 Å². The largest absolute Gasteiger partial charge is 0.118 e. The second kappa shape index (κ2) is 7.19. The minimum absolute atomic E-state index is 0.221. The van der Waals surface area contributed by atoms with Crippen LogP contribution in [0.15, 0.2) is 30.3 Å². The van der Waals surface area contributed by atoms with Crippen LogP contribution in [0.2, 0.25) is 0 Å². The minimum atomic E-state index is 0.221. The molecule has 0 spiro atoms. The van der Waals surface area contributed by atoms with Crippen molar-refractivity contribution >= 4 is 11.6 Å². The molecule has 2 rings (SSSR count). The molecule has 100 valence electrons. The summed E-state index contributed by atoms with van der Waals surface area (Å²) in [5.74, 6) is 1.66. The van der Waals surface area contributed by atoms with Gasteiger partial charge in [0.05, 0.1) is 5.38 Å². The summed E-state index contributed by atoms with van der Waals surface area (Å²) in [6.45, 7) is 2.29. The molecule has 1 aromatic carbocycles. The lowest BCUT2D eigenvalue weighted by molar-refractivity contribution is 0.254. The number of hydrogen-bond donors (Lipinski definition) is 0. The van der Waals surface area contributed by atoms with Crippen molar-refractivity contribution in [1.29, 1.82) is 0 Å². The quantitative estimate of drug-likeness (QED) is 0.575. The maximum Gasteiger partial charge on any atom is 0.0613 e. The topological polar surface area (TPSA) is 0 Å². The first-order chi connectivity index (χ1) is 8.81. The fourth-order valence-corrected chi connectivity index (χ4v) is 3.57. The van der Waals surface area contributed by atoms with Crippen LogP contribution in [0.3, 0.4) is 0 Å². The van der Waals surface area contributed by atoms with Gasteiger partial charge in [-0.2, -0.15) is 0 Å². The Labute approximate surface area is 117 Å². The molecule has 0 N–H and O–H groups in total. The number of halogens is 1. The predicted octanol–water partition coefficient (Wildman–Crippen LogP) is 5.96. The van der Waals surface area contributed by atoms with Crippen molar-refractivity contribution in [3.63, 3.8) is 0 Å². The Hall–Kier alpha value is -0.490. The van der Waals surface area contributed by atoms with Gasteiger partial charge in [0.25, 0.3) is 0 Å². The molecular weight excluding hydrogens is 240 g/mol. The van der Waals surface area contributed by atoms with Gasteiger partial charge in [-0.3, -0.25) is 0 Å². The van der Waals surface area contributed by atoms with Gasteiger partial charge in [0.15, 0.2) is 0 Å². The lowest BCUT2D eigenvalue weighted by Gasteiger charge is -2.31. The van der Waals surface area contributed by atoms with E-state index in [0.717, 1.165) is 5.92 Å². The van der Waals surface area contributed by atoms with Gasteiger partial charge in [-0.25, -0.2) is 0 Å². The first-order valence-corrected chi connectivity index (χ1v) is 7.94. The van der Waals surface area contributed by atoms with Crippen molar-refractivity contribution in [1.82, 2.24) is 0 Å². The molecule has 0 aromatic heterocycles. The molecule has 1 saturated carbocycles. The third kappa shape index (κ3) is 3.75. The monoisotopic (exact) mass is 264 g/mol. The molecule has 0 saturated heterocycles. The molecule has 1 fully saturated rings. The van der Waals surface area contributed by atoms with Crippen LogP contribution in [-0.4, -0.2) is 0 Å². The first kappa shape index (κ1) is 13.9. The zero-order valence-electron chi connectivity index (χ0n) is 11.4. The molecule has 1 atom stereocenters. The molecule has 1 aliphatic rings. The highest BCUT2D eigenvalue weighted by molar-refractivity contribution is 6.21. The van der Waals surface area contributed by atoms with E-state index in [0.29, 0.717) is 5.92 Å². The summed E-state index contributed by atoms with van der Waals surface area (Å²) >= 11 is 6.64. The highest BCUT2D eigenvalue weighted by atomic mass is 35.5. The molecule has 0 aliphatic heterocycles. The lowest BCUT2D eigenvalue weighted by atomic mass is 9.77. The molecule has 1 aliphatic carbocycles. The smallest absolute Gasteiger partial charge is 0.0613 e. The van der Waals surface area contributed by atoms with Gasteiger partial charge in [-0.15, -0.1) is 11.6 Å². The number of hydrogen-bond acceptors (Lipinski definition) is 0. The molecule has 0 amide bonds. The number of alkyl halides is 1. The summed E-state index contributed by atoms with van der Waals surface area (Å²) in [5.41, 5.74) is 1.30. The fraction of sp³-hybridized carbons (Fsp3) is 0.647. The van der Waals surface area contributed by atoms with Crippen molar-refractivity contribution < 1.29 is 0 Å². The number of rotatable bonds is 5. The van der Waals surface area contributed by atoms with E-state index in [-0.39, 0.29) is 5.38 Å². The number of benzene rings is 1. The Morgan fingerprint density at radius 2 is 1.78 bits per heavy atom. The minimum Gasteiger partial charge on any atom is -0.118 e. The van der Waals surface area contributed by atoms with Gasteiger partial charge < -0.3 is 0 Å². The first-order valence-electron chi connectivity index (χ1n) is 7.50. The van der Waals surface area contributed by atoms with Crippen LogP contribution in [0.5, 0.6) is 0 Å². The third-order valence-corrected chi connectivity index (χ3v) is 5.00. The second-order valence-electron chi connectivity index (χ2n) is 5.74. The van der Waals surface area contributed by atoms with E-state index in [2.05, 4.69) is 37.3 Å². The van der Waals surface area contributed by atoms with Gasteiger partial charge in [-0.05, 0) is 30.2 Å². The molecule has 18 heavy (non-hydrogen) atoms. The van der Waals surface area contributed by atoms with Crippen molar-refractivity contribution in [2.75, 3.05) is 0 Å². The highest BCUT2D eigenvalue weighted by Crippen LogP contribution is 2.41. The summed E-state index contributed by atoms with van der Waals surface area (Å²) in [4.78, 5) is 0. The molecule has 1 unspecified atom stereocenters. The Balaban J connectivity index is 1.82. The maximum atomic E-state index is 6.64. The summed E-state index contributed by atoms with van der Waals surface area (Å²) in [6, 6.07) is 10.6. The van der Waals surface area contributed by atoms with Gasteiger partial charge >= 0.3 is 0 Å². The molecule has 0 nitrogen and oxygen atoms in total. The Morgan fingerprint density at radius 3 is 2.39 bits per heavy atom. The van der Waals surface area contributed by atoms with Gasteiger partial charge in [-0.1, -0.05) is 69.4 Å². The Kier molecular flexibility index (Phi) is 5.56. The lowest BCUT2D eigenvalue weighted by Crippen LogP contribution is -2.18. The van der Waals surface area contributed by atoms with E-state index in [1.165, 1.54) is 50.5 Å². The van der Waals surface area contributed by atoms with Crippen molar-refractivity contribution in [3.8, 4) is 0 Å². The average Bonchev–Trinajstić information content (AvgIpc) is 2.46. The van der Waals surface area contributed by atoms with E-state index >= 15 is 0 Å². The summed E-state index contributed by atoms with van der Waals surface area (Å²) in [6.07, 6.45) is 9.58. The van der Waals surface area contributed by atoms with Gasteiger partial charge in [0, 0.05) is 0 Å². The van der Waals surface area contributed by atoms with Crippen molar-refractivity contribution in [3.05, 3.63) is 35.9 Å². The molecule has 0 bridgehead atoms. The molecule has 1 aromatic rings. The Bertz CT molecular complexity index is 325. The zero-order chi connectivity index (χ0) is 12.8. The average molecular weight is 265 g/mol. The van der Waals surface area contributed by atoms with E-state index in [1.54, 1.807) is 0 Å².